The third kappa shape index (κ3) is 3.81. The molecule has 1 amide bonds. The summed E-state index contributed by atoms with van der Waals surface area (Å²) < 4.78 is 11.7. The lowest BCUT2D eigenvalue weighted by molar-refractivity contribution is 0.0951. The van der Waals surface area contributed by atoms with Crippen LogP contribution in [-0.4, -0.2) is 36.5 Å². The van der Waals surface area contributed by atoms with E-state index in [4.69, 9.17) is 9.47 Å². The maximum Gasteiger partial charge on any atom is 0.267 e. The molecule has 0 bridgehead atoms. The summed E-state index contributed by atoms with van der Waals surface area (Å²) in [6, 6.07) is 6.63. The van der Waals surface area contributed by atoms with E-state index < -0.39 is 0 Å². The molecule has 0 aliphatic heterocycles. The fourth-order valence-corrected chi connectivity index (χ4v) is 2.92. The molecule has 0 saturated heterocycles. The molecule has 0 saturated carbocycles. The van der Waals surface area contributed by atoms with E-state index in [1.807, 2.05) is 0 Å². The highest BCUT2D eigenvalue weighted by Gasteiger charge is 2.15. The van der Waals surface area contributed by atoms with Crippen molar-refractivity contribution in [1.29, 1.82) is 0 Å². The molecule has 1 N–H and O–H groups in total. The molecule has 0 radical (unpaired) electrons. The summed E-state index contributed by atoms with van der Waals surface area (Å²) >= 11 is 0. The van der Waals surface area contributed by atoms with E-state index in [9.17, 15) is 9.59 Å². The van der Waals surface area contributed by atoms with Crippen LogP contribution in [0.2, 0.25) is 0 Å². The van der Waals surface area contributed by atoms with Gasteiger partial charge >= 0.3 is 0 Å². The largest absolute Gasteiger partial charge is 0.497 e. The van der Waals surface area contributed by atoms with Gasteiger partial charge in [-0.15, -0.1) is 0 Å². The van der Waals surface area contributed by atoms with Gasteiger partial charge in [0.2, 0.25) is 0 Å². The number of nitrogens with zero attached hydrogens (tertiary/aromatic N) is 2. The number of hydrogen-bond acceptors (Lipinski definition) is 5. The summed E-state index contributed by atoms with van der Waals surface area (Å²) in [6.07, 6.45) is 2.87. The molecule has 1 aromatic carbocycles. The molecule has 0 spiro atoms. The van der Waals surface area contributed by atoms with Crippen molar-refractivity contribution in [3.63, 3.8) is 0 Å². The SMILES string of the molecule is COc1cc(OC)cc(C(=O)NCCn2nc3c(cc2=O)CCC3)c1. The van der Waals surface area contributed by atoms with E-state index in [1.165, 1.54) is 18.9 Å². The quantitative estimate of drug-likeness (QED) is 0.852. The Morgan fingerprint density at radius 1 is 1.16 bits per heavy atom. The maximum atomic E-state index is 12.3. The molecule has 3 rings (SSSR count). The van der Waals surface area contributed by atoms with Crippen LogP contribution < -0.4 is 20.3 Å². The Labute approximate surface area is 145 Å². The van der Waals surface area contributed by atoms with Gasteiger partial charge in [0.1, 0.15) is 11.5 Å². The van der Waals surface area contributed by atoms with Crippen LogP contribution in [0.1, 0.15) is 28.0 Å². The Bertz CT molecular complexity index is 822. The number of methoxy groups -OCH3 is 2. The second kappa shape index (κ2) is 7.38. The van der Waals surface area contributed by atoms with Crippen molar-refractivity contribution in [3.8, 4) is 11.5 Å². The van der Waals surface area contributed by atoms with Crippen molar-refractivity contribution in [2.45, 2.75) is 25.8 Å². The lowest BCUT2D eigenvalue weighted by Gasteiger charge is -2.10. The van der Waals surface area contributed by atoms with Crippen LogP contribution in [0.4, 0.5) is 0 Å². The first-order valence-corrected chi connectivity index (χ1v) is 8.22. The first-order valence-electron chi connectivity index (χ1n) is 8.22. The number of fused-ring (bicyclic) bond motifs is 1. The average Bonchev–Trinajstić information content (AvgIpc) is 3.08. The summed E-state index contributed by atoms with van der Waals surface area (Å²) in [5.41, 5.74) is 2.35. The van der Waals surface area contributed by atoms with Gasteiger partial charge < -0.3 is 14.8 Å². The molecule has 0 fully saturated rings. The van der Waals surface area contributed by atoms with E-state index >= 15 is 0 Å². The molecule has 1 aliphatic rings. The molecule has 0 atom stereocenters. The highest BCUT2D eigenvalue weighted by atomic mass is 16.5. The molecular weight excluding hydrogens is 322 g/mol. The lowest BCUT2D eigenvalue weighted by Crippen LogP contribution is -2.32. The van der Waals surface area contributed by atoms with E-state index in [1.54, 1.807) is 24.3 Å². The van der Waals surface area contributed by atoms with Gasteiger partial charge in [0.25, 0.3) is 11.5 Å². The Hall–Kier alpha value is -2.83. The monoisotopic (exact) mass is 343 g/mol. The minimum Gasteiger partial charge on any atom is -0.497 e. The molecule has 1 aliphatic carbocycles. The molecule has 25 heavy (non-hydrogen) atoms. The zero-order valence-electron chi connectivity index (χ0n) is 14.4. The molecule has 7 nitrogen and oxygen atoms in total. The van der Waals surface area contributed by atoms with Crippen LogP contribution in [0.5, 0.6) is 11.5 Å². The van der Waals surface area contributed by atoms with Crippen molar-refractivity contribution < 1.29 is 14.3 Å². The summed E-state index contributed by atoms with van der Waals surface area (Å²) in [5.74, 6) is 0.827. The van der Waals surface area contributed by atoms with E-state index in [2.05, 4.69) is 10.4 Å². The summed E-state index contributed by atoms with van der Waals surface area (Å²) in [4.78, 5) is 24.4. The first-order chi connectivity index (χ1) is 12.1. The highest BCUT2D eigenvalue weighted by molar-refractivity contribution is 5.95. The number of nitrogens with one attached hydrogen (secondary N) is 1. The second-order valence-electron chi connectivity index (χ2n) is 5.89. The van der Waals surface area contributed by atoms with Gasteiger partial charge in [-0.25, -0.2) is 4.68 Å². The first kappa shape index (κ1) is 17.0. The summed E-state index contributed by atoms with van der Waals surface area (Å²) in [5, 5.41) is 7.19. The zero-order valence-corrected chi connectivity index (χ0v) is 14.4. The molecular formula is C18H21N3O4. The smallest absolute Gasteiger partial charge is 0.267 e. The van der Waals surface area contributed by atoms with Crippen LogP contribution in [0.15, 0.2) is 29.1 Å². The van der Waals surface area contributed by atoms with Gasteiger partial charge in [0.05, 0.1) is 26.5 Å². The minimum absolute atomic E-state index is 0.127. The zero-order chi connectivity index (χ0) is 17.8. The molecule has 1 heterocycles. The van der Waals surface area contributed by atoms with Crippen LogP contribution >= 0.6 is 0 Å². The van der Waals surface area contributed by atoms with Gasteiger partial charge in [-0.2, -0.15) is 5.10 Å². The van der Waals surface area contributed by atoms with E-state index in [0.29, 0.717) is 30.2 Å². The van der Waals surface area contributed by atoms with Gasteiger partial charge in [0.15, 0.2) is 0 Å². The van der Waals surface area contributed by atoms with Gasteiger partial charge in [0, 0.05) is 24.2 Å². The lowest BCUT2D eigenvalue weighted by atomic mass is 10.2. The molecule has 132 valence electrons. The molecule has 1 aromatic heterocycles. The molecule has 0 unspecified atom stereocenters. The number of carbonyl (C=O) groups excluding carboxylic acids is 1. The highest BCUT2D eigenvalue weighted by Crippen LogP contribution is 2.22. The fraction of sp³-hybridized carbons (Fsp3) is 0.389. The van der Waals surface area contributed by atoms with Gasteiger partial charge in [-0.3, -0.25) is 9.59 Å². The third-order valence-electron chi connectivity index (χ3n) is 4.25. The Kier molecular flexibility index (Phi) is 5.02. The minimum atomic E-state index is -0.258. The number of aryl methyl sites for hydroxylation is 2. The fourth-order valence-electron chi connectivity index (χ4n) is 2.92. The summed E-state index contributed by atoms with van der Waals surface area (Å²) in [6.45, 7) is 0.642. The number of rotatable bonds is 6. The molecule has 7 heteroatoms. The number of aromatic nitrogens is 2. The number of ether oxygens (including phenoxy) is 2. The Balaban J connectivity index is 1.64. The number of hydrogen-bond donors (Lipinski definition) is 1. The third-order valence-corrected chi connectivity index (χ3v) is 4.25. The van der Waals surface area contributed by atoms with Gasteiger partial charge in [-0.1, -0.05) is 0 Å². The van der Waals surface area contributed by atoms with Crippen molar-refractivity contribution >= 4 is 5.91 Å². The van der Waals surface area contributed by atoms with E-state index in [-0.39, 0.29) is 11.5 Å². The van der Waals surface area contributed by atoms with Crippen LogP contribution in [0.3, 0.4) is 0 Å². The predicted octanol–water partition coefficient (Wildman–Crippen LogP) is 1.18. The van der Waals surface area contributed by atoms with Crippen LogP contribution in [0, 0.1) is 0 Å². The second-order valence-corrected chi connectivity index (χ2v) is 5.89. The van der Waals surface area contributed by atoms with Gasteiger partial charge in [-0.05, 0) is 37.0 Å². The normalized spacial score (nSPS) is 12.6. The van der Waals surface area contributed by atoms with Crippen molar-refractivity contribution in [1.82, 2.24) is 15.1 Å². The Morgan fingerprint density at radius 3 is 2.56 bits per heavy atom. The predicted molar refractivity (Wildman–Crippen MR) is 92.4 cm³/mol. The number of benzene rings is 1. The van der Waals surface area contributed by atoms with Crippen molar-refractivity contribution in [2.24, 2.45) is 0 Å². The summed E-state index contributed by atoms with van der Waals surface area (Å²) in [7, 11) is 3.06. The van der Waals surface area contributed by atoms with Crippen LogP contribution in [-0.2, 0) is 19.4 Å². The standard InChI is InChI=1S/C18H21N3O4/c1-24-14-8-13(9-15(11-14)25-2)18(23)19-6-7-21-17(22)10-12-4-3-5-16(12)20-21/h8-11H,3-7H2,1-2H3,(H,19,23). The van der Waals surface area contributed by atoms with Crippen LogP contribution in [0.25, 0.3) is 0 Å². The topological polar surface area (TPSA) is 82.4 Å². The number of amides is 1. The maximum absolute atomic E-state index is 12.3. The number of carbonyl (C=O) groups is 1. The average molecular weight is 343 g/mol. The van der Waals surface area contributed by atoms with Crippen molar-refractivity contribution in [3.05, 3.63) is 51.4 Å². The Morgan fingerprint density at radius 2 is 1.88 bits per heavy atom. The molecule has 2 aromatic rings. The van der Waals surface area contributed by atoms with Crippen molar-refractivity contribution in [2.75, 3.05) is 20.8 Å². The van der Waals surface area contributed by atoms with E-state index in [0.717, 1.165) is 30.5 Å².